The number of rotatable bonds is 9. The van der Waals surface area contributed by atoms with Crippen molar-refractivity contribution in [1.29, 1.82) is 0 Å². The Kier molecular flexibility index (Phi) is 7.64. The van der Waals surface area contributed by atoms with Gasteiger partial charge in [-0.2, -0.15) is 0 Å². The zero-order chi connectivity index (χ0) is 25.7. The molecular weight excluding hydrogens is 454 g/mol. The molecule has 0 aliphatic carbocycles. The molecule has 0 saturated heterocycles. The smallest absolute Gasteiger partial charge is 0.244 e. The van der Waals surface area contributed by atoms with E-state index in [4.69, 9.17) is 18.6 Å². The van der Waals surface area contributed by atoms with Crippen LogP contribution in [0, 0.1) is 6.92 Å². The summed E-state index contributed by atoms with van der Waals surface area (Å²) in [6.07, 6.45) is 4.05. The molecule has 0 bridgehead atoms. The molecule has 36 heavy (non-hydrogen) atoms. The van der Waals surface area contributed by atoms with Crippen molar-refractivity contribution in [2.75, 3.05) is 27.9 Å². The first-order valence-corrected chi connectivity index (χ1v) is 11.8. The Balaban J connectivity index is 1.55. The van der Waals surface area contributed by atoms with Gasteiger partial charge in [0, 0.05) is 34.7 Å². The lowest BCUT2D eigenvalue weighted by atomic mass is 9.96. The number of aryl methyl sites for hydroxylation is 1. The molecule has 1 heterocycles. The number of benzene rings is 3. The fourth-order valence-corrected chi connectivity index (χ4v) is 4.40. The van der Waals surface area contributed by atoms with E-state index in [0.717, 1.165) is 44.4 Å². The second kappa shape index (κ2) is 11.0. The topological polar surface area (TPSA) is 69.9 Å². The van der Waals surface area contributed by atoms with Crippen LogP contribution in [0.2, 0.25) is 0 Å². The summed E-state index contributed by atoms with van der Waals surface area (Å²) < 4.78 is 22.3. The van der Waals surface area contributed by atoms with Crippen LogP contribution in [-0.4, -0.2) is 33.8 Å². The molecule has 0 aliphatic rings. The van der Waals surface area contributed by atoms with Crippen LogP contribution in [0.25, 0.3) is 27.7 Å². The van der Waals surface area contributed by atoms with Crippen molar-refractivity contribution in [3.05, 3.63) is 83.6 Å². The van der Waals surface area contributed by atoms with Crippen molar-refractivity contribution in [3.8, 4) is 28.4 Å². The van der Waals surface area contributed by atoms with Crippen LogP contribution in [0.15, 0.2) is 71.4 Å². The van der Waals surface area contributed by atoms with Gasteiger partial charge in [-0.15, -0.1) is 0 Å². The van der Waals surface area contributed by atoms with Crippen molar-refractivity contribution in [3.63, 3.8) is 0 Å². The highest BCUT2D eigenvalue weighted by Crippen LogP contribution is 2.40. The van der Waals surface area contributed by atoms with Crippen LogP contribution in [0.4, 0.5) is 0 Å². The zero-order valence-electron chi connectivity index (χ0n) is 21.3. The molecule has 4 aromatic rings. The molecule has 6 nitrogen and oxygen atoms in total. The Morgan fingerprint density at radius 3 is 2.42 bits per heavy atom. The van der Waals surface area contributed by atoms with Crippen molar-refractivity contribution in [2.24, 2.45) is 0 Å². The Morgan fingerprint density at radius 1 is 0.972 bits per heavy atom. The first-order chi connectivity index (χ1) is 17.5. The molecule has 3 aromatic carbocycles. The number of carbonyl (C=O) groups is 1. The average Bonchev–Trinajstić information content (AvgIpc) is 3.33. The minimum Gasteiger partial charge on any atom is -0.496 e. The number of hydrogen-bond acceptors (Lipinski definition) is 5. The molecule has 0 saturated carbocycles. The van der Waals surface area contributed by atoms with E-state index in [2.05, 4.69) is 17.4 Å². The van der Waals surface area contributed by atoms with E-state index in [1.54, 1.807) is 33.7 Å². The molecule has 0 aliphatic heterocycles. The summed E-state index contributed by atoms with van der Waals surface area (Å²) in [4.78, 5) is 12.7. The molecule has 6 heteroatoms. The van der Waals surface area contributed by atoms with Gasteiger partial charge in [-0.3, -0.25) is 4.79 Å². The second-order valence-electron chi connectivity index (χ2n) is 8.53. The average molecular weight is 486 g/mol. The highest BCUT2D eigenvalue weighted by Gasteiger charge is 2.18. The summed E-state index contributed by atoms with van der Waals surface area (Å²) in [6.45, 7) is 4.38. The minimum absolute atomic E-state index is 0.164. The van der Waals surface area contributed by atoms with Crippen LogP contribution in [0.5, 0.6) is 17.2 Å². The number of allylic oxidation sites excluding steroid dienone is 1. The molecular formula is C30H31NO5. The predicted molar refractivity (Wildman–Crippen MR) is 143 cm³/mol. The quantitative estimate of drug-likeness (QED) is 0.286. The van der Waals surface area contributed by atoms with Crippen LogP contribution in [0.3, 0.4) is 0 Å². The number of methoxy groups -OCH3 is 3. The van der Waals surface area contributed by atoms with Crippen LogP contribution in [0.1, 0.15) is 23.6 Å². The van der Waals surface area contributed by atoms with Gasteiger partial charge in [0.05, 0.1) is 27.6 Å². The Bertz CT molecular complexity index is 1400. The number of hydrogen-bond donors (Lipinski definition) is 1. The molecule has 1 N–H and O–H groups in total. The summed E-state index contributed by atoms with van der Waals surface area (Å²) >= 11 is 0. The molecule has 1 aromatic heterocycles. The van der Waals surface area contributed by atoms with Crippen molar-refractivity contribution >= 4 is 22.4 Å². The molecule has 0 fully saturated rings. The normalized spacial score (nSPS) is 11.4. The van der Waals surface area contributed by atoms with Gasteiger partial charge >= 0.3 is 0 Å². The van der Waals surface area contributed by atoms with Crippen molar-refractivity contribution in [2.45, 2.75) is 20.3 Å². The molecule has 0 atom stereocenters. The fraction of sp³-hybridized carbons (Fsp3) is 0.233. The fourth-order valence-electron chi connectivity index (χ4n) is 4.40. The van der Waals surface area contributed by atoms with E-state index in [1.807, 2.05) is 56.3 Å². The van der Waals surface area contributed by atoms with Crippen LogP contribution in [-0.2, 0) is 11.2 Å². The third kappa shape index (κ3) is 5.08. The Morgan fingerprint density at radius 2 is 1.72 bits per heavy atom. The van der Waals surface area contributed by atoms with Gasteiger partial charge < -0.3 is 23.9 Å². The zero-order valence-corrected chi connectivity index (χ0v) is 21.3. The molecule has 1 amide bonds. The molecule has 0 radical (unpaired) electrons. The summed E-state index contributed by atoms with van der Waals surface area (Å²) in [5.41, 5.74) is 6.46. The molecule has 186 valence electrons. The second-order valence-corrected chi connectivity index (χ2v) is 8.53. The summed E-state index contributed by atoms with van der Waals surface area (Å²) in [5, 5.41) is 3.96. The SMILES string of the molecule is COc1ccc(CCNC(=O)/C=C(\C)c2cc3c(-c4ccccc4)coc3c(C)c2OC)cc1OC. The summed E-state index contributed by atoms with van der Waals surface area (Å²) in [7, 11) is 4.85. The number of nitrogens with one attached hydrogen (secondary N) is 1. The number of ether oxygens (including phenoxy) is 3. The van der Waals surface area contributed by atoms with E-state index < -0.39 is 0 Å². The number of carbonyl (C=O) groups excluding carboxylic acids is 1. The lowest BCUT2D eigenvalue weighted by Crippen LogP contribution is -2.23. The Labute approximate surface area is 211 Å². The highest BCUT2D eigenvalue weighted by atomic mass is 16.5. The maximum Gasteiger partial charge on any atom is 0.244 e. The monoisotopic (exact) mass is 485 g/mol. The van der Waals surface area contributed by atoms with E-state index in [-0.39, 0.29) is 5.91 Å². The van der Waals surface area contributed by atoms with Crippen molar-refractivity contribution < 1.29 is 23.4 Å². The predicted octanol–water partition coefficient (Wildman–Crippen LogP) is 6.20. The largest absolute Gasteiger partial charge is 0.496 e. The lowest BCUT2D eigenvalue weighted by molar-refractivity contribution is -0.116. The summed E-state index contributed by atoms with van der Waals surface area (Å²) in [6, 6.07) is 17.9. The van der Waals surface area contributed by atoms with Gasteiger partial charge in [0.1, 0.15) is 11.3 Å². The van der Waals surface area contributed by atoms with Gasteiger partial charge in [0.25, 0.3) is 0 Å². The standard InChI is InChI=1S/C30H31NO5/c1-19(15-28(32)31-14-13-21-11-12-26(33-3)27(16-21)34-4)23-17-24-25(22-9-7-6-8-10-22)18-36-30(24)20(2)29(23)35-5/h6-12,15-18H,13-14H2,1-5H3,(H,31,32)/b19-15+. The minimum atomic E-state index is -0.164. The van der Waals surface area contributed by atoms with Gasteiger partial charge in [0.2, 0.25) is 5.91 Å². The van der Waals surface area contributed by atoms with Gasteiger partial charge in [-0.1, -0.05) is 36.4 Å². The molecule has 0 spiro atoms. The van der Waals surface area contributed by atoms with Gasteiger partial charge in [-0.25, -0.2) is 0 Å². The molecule has 0 unspecified atom stereocenters. The maximum absolute atomic E-state index is 12.7. The number of furan rings is 1. The van der Waals surface area contributed by atoms with Crippen LogP contribution >= 0.6 is 0 Å². The van der Waals surface area contributed by atoms with Gasteiger partial charge in [0.15, 0.2) is 11.5 Å². The van der Waals surface area contributed by atoms with Gasteiger partial charge in [-0.05, 0) is 55.2 Å². The summed E-state index contributed by atoms with van der Waals surface area (Å²) in [5.74, 6) is 1.88. The highest BCUT2D eigenvalue weighted by molar-refractivity contribution is 6.01. The molecule has 4 rings (SSSR count). The Hall–Kier alpha value is -4.19. The van der Waals surface area contributed by atoms with E-state index in [0.29, 0.717) is 30.2 Å². The first kappa shape index (κ1) is 24.9. The van der Waals surface area contributed by atoms with Crippen molar-refractivity contribution in [1.82, 2.24) is 5.32 Å². The first-order valence-electron chi connectivity index (χ1n) is 11.8. The van der Waals surface area contributed by atoms with E-state index >= 15 is 0 Å². The third-order valence-electron chi connectivity index (χ3n) is 6.27. The maximum atomic E-state index is 12.7. The third-order valence-corrected chi connectivity index (χ3v) is 6.27. The van der Waals surface area contributed by atoms with Crippen LogP contribution < -0.4 is 19.5 Å². The number of amides is 1. The lowest BCUT2D eigenvalue weighted by Gasteiger charge is -2.13. The van der Waals surface area contributed by atoms with E-state index in [9.17, 15) is 4.79 Å². The number of fused-ring (bicyclic) bond motifs is 1. The van der Waals surface area contributed by atoms with E-state index in [1.165, 1.54) is 0 Å².